The van der Waals surface area contributed by atoms with Gasteiger partial charge in [-0.1, -0.05) is 0 Å². The Morgan fingerprint density at radius 3 is 2.68 bits per heavy atom. The minimum atomic E-state index is 0.658. The van der Waals surface area contributed by atoms with Crippen LogP contribution in [-0.2, 0) is 7.05 Å². The van der Waals surface area contributed by atoms with E-state index in [9.17, 15) is 0 Å². The standard InChI is InChI=1S/C13H15N5S/c1-7-8(2)19-13-9(7)10(14-3)16-11(17-13)12-15-5-6-18(12)4/h5-6H,1-4H3,(H,14,16,17). The molecule has 1 N–H and O–H groups in total. The molecule has 0 saturated carbocycles. The summed E-state index contributed by atoms with van der Waals surface area (Å²) < 4.78 is 1.92. The summed E-state index contributed by atoms with van der Waals surface area (Å²) in [7, 11) is 3.83. The third kappa shape index (κ3) is 1.79. The number of nitrogens with one attached hydrogen (secondary N) is 1. The van der Waals surface area contributed by atoms with Gasteiger partial charge in [0, 0.05) is 31.4 Å². The summed E-state index contributed by atoms with van der Waals surface area (Å²) in [4.78, 5) is 15.8. The maximum atomic E-state index is 4.65. The lowest BCUT2D eigenvalue weighted by atomic mass is 10.2. The van der Waals surface area contributed by atoms with Crippen molar-refractivity contribution in [3.63, 3.8) is 0 Å². The fraction of sp³-hybridized carbons (Fsp3) is 0.308. The molecular weight excluding hydrogens is 258 g/mol. The van der Waals surface area contributed by atoms with Crippen molar-refractivity contribution in [2.45, 2.75) is 13.8 Å². The van der Waals surface area contributed by atoms with E-state index in [1.54, 1.807) is 17.5 Å². The van der Waals surface area contributed by atoms with E-state index in [1.165, 1.54) is 10.4 Å². The largest absolute Gasteiger partial charge is 0.372 e. The first-order chi connectivity index (χ1) is 9.11. The van der Waals surface area contributed by atoms with Gasteiger partial charge in [-0.2, -0.15) is 0 Å². The molecule has 6 heteroatoms. The van der Waals surface area contributed by atoms with Crippen LogP contribution in [0, 0.1) is 13.8 Å². The van der Waals surface area contributed by atoms with Crippen molar-refractivity contribution in [3.05, 3.63) is 22.8 Å². The quantitative estimate of drug-likeness (QED) is 0.780. The Morgan fingerprint density at radius 2 is 2.05 bits per heavy atom. The van der Waals surface area contributed by atoms with E-state index in [0.29, 0.717) is 5.82 Å². The smallest absolute Gasteiger partial charge is 0.199 e. The lowest BCUT2D eigenvalue weighted by molar-refractivity contribution is 0.910. The SMILES string of the molecule is CNc1nc(-c2nccn2C)nc2sc(C)c(C)c12. The second-order valence-corrected chi connectivity index (χ2v) is 5.67. The molecule has 0 aromatic carbocycles. The molecule has 0 spiro atoms. The summed E-state index contributed by atoms with van der Waals surface area (Å²) in [5.41, 5.74) is 1.25. The average molecular weight is 273 g/mol. The fourth-order valence-electron chi connectivity index (χ4n) is 2.11. The van der Waals surface area contributed by atoms with Gasteiger partial charge in [0.25, 0.3) is 0 Å². The Hall–Kier alpha value is -1.95. The monoisotopic (exact) mass is 273 g/mol. The molecule has 0 aliphatic heterocycles. The molecule has 0 amide bonds. The molecule has 0 atom stereocenters. The van der Waals surface area contributed by atoms with Crippen molar-refractivity contribution in [3.8, 4) is 11.6 Å². The molecule has 3 aromatic heterocycles. The summed E-state index contributed by atoms with van der Waals surface area (Å²) in [5.74, 6) is 2.30. The van der Waals surface area contributed by atoms with Gasteiger partial charge >= 0.3 is 0 Å². The zero-order valence-corrected chi connectivity index (χ0v) is 12.2. The Morgan fingerprint density at radius 1 is 1.26 bits per heavy atom. The zero-order valence-electron chi connectivity index (χ0n) is 11.4. The van der Waals surface area contributed by atoms with Gasteiger partial charge in [0.15, 0.2) is 11.6 Å². The molecule has 0 saturated heterocycles. The van der Waals surface area contributed by atoms with Crippen LogP contribution in [0.2, 0.25) is 0 Å². The van der Waals surface area contributed by atoms with Crippen LogP contribution in [0.25, 0.3) is 21.9 Å². The first-order valence-corrected chi connectivity index (χ1v) is 6.86. The highest BCUT2D eigenvalue weighted by Gasteiger charge is 2.16. The van der Waals surface area contributed by atoms with Crippen molar-refractivity contribution < 1.29 is 0 Å². The van der Waals surface area contributed by atoms with E-state index in [-0.39, 0.29) is 0 Å². The van der Waals surface area contributed by atoms with Crippen LogP contribution in [-0.4, -0.2) is 26.6 Å². The Balaban J connectivity index is 2.32. The third-order valence-corrected chi connectivity index (χ3v) is 4.39. The normalized spacial score (nSPS) is 11.2. The van der Waals surface area contributed by atoms with Crippen LogP contribution < -0.4 is 5.32 Å². The predicted octanol–water partition coefficient (Wildman–Crippen LogP) is 2.75. The van der Waals surface area contributed by atoms with Crippen molar-refractivity contribution in [2.24, 2.45) is 7.05 Å². The second-order valence-electron chi connectivity index (χ2n) is 4.47. The van der Waals surface area contributed by atoms with Gasteiger partial charge in [0.2, 0.25) is 0 Å². The van der Waals surface area contributed by atoms with Gasteiger partial charge in [-0.15, -0.1) is 11.3 Å². The van der Waals surface area contributed by atoms with Gasteiger partial charge in [-0.05, 0) is 19.4 Å². The van der Waals surface area contributed by atoms with Gasteiger partial charge in [0.1, 0.15) is 10.6 Å². The number of thiophene rings is 1. The molecule has 98 valence electrons. The molecule has 0 radical (unpaired) electrons. The van der Waals surface area contributed by atoms with Gasteiger partial charge in [-0.3, -0.25) is 0 Å². The molecule has 0 unspecified atom stereocenters. The molecule has 3 rings (SSSR count). The van der Waals surface area contributed by atoms with Crippen LogP contribution in [0.4, 0.5) is 5.82 Å². The van der Waals surface area contributed by atoms with Gasteiger partial charge in [-0.25, -0.2) is 15.0 Å². The molecular formula is C13H15N5S. The van der Waals surface area contributed by atoms with E-state index in [1.807, 2.05) is 24.9 Å². The minimum absolute atomic E-state index is 0.658. The highest BCUT2D eigenvalue weighted by atomic mass is 32.1. The van der Waals surface area contributed by atoms with Gasteiger partial charge in [0.05, 0.1) is 5.39 Å². The van der Waals surface area contributed by atoms with Crippen LogP contribution in [0.1, 0.15) is 10.4 Å². The van der Waals surface area contributed by atoms with Crippen molar-refractivity contribution in [1.82, 2.24) is 19.5 Å². The van der Waals surface area contributed by atoms with E-state index in [2.05, 4.69) is 34.1 Å². The number of hydrogen-bond acceptors (Lipinski definition) is 5. The van der Waals surface area contributed by atoms with Crippen LogP contribution in [0.3, 0.4) is 0 Å². The molecule has 0 aliphatic carbocycles. The predicted molar refractivity (Wildman–Crippen MR) is 78.6 cm³/mol. The second kappa shape index (κ2) is 4.31. The summed E-state index contributed by atoms with van der Waals surface area (Å²) in [6, 6.07) is 0. The van der Waals surface area contributed by atoms with E-state index in [0.717, 1.165) is 21.9 Å². The number of imidazole rings is 1. The van der Waals surface area contributed by atoms with Gasteiger partial charge < -0.3 is 9.88 Å². The third-order valence-electron chi connectivity index (χ3n) is 3.29. The number of aromatic nitrogens is 4. The summed E-state index contributed by atoms with van der Waals surface area (Å²) >= 11 is 1.70. The van der Waals surface area contributed by atoms with Crippen LogP contribution in [0.5, 0.6) is 0 Å². The summed E-state index contributed by atoms with van der Waals surface area (Å²) in [6.45, 7) is 4.22. The molecule has 3 aromatic rings. The maximum Gasteiger partial charge on any atom is 0.199 e. The highest BCUT2D eigenvalue weighted by molar-refractivity contribution is 7.18. The van der Waals surface area contributed by atoms with E-state index < -0.39 is 0 Å². The van der Waals surface area contributed by atoms with Crippen molar-refractivity contribution >= 4 is 27.4 Å². The summed E-state index contributed by atoms with van der Waals surface area (Å²) in [6.07, 6.45) is 3.65. The first kappa shape index (κ1) is 12.1. The number of nitrogens with zero attached hydrogens (tertiary/aromatic N) is 4. The number of rotatable bonds is 2. The number of aryl methyl sites for hydroxylation is 3. The van der Waals surface area contributed by atoms with E-state index >= 15 is 0 Å². The number of fused-ring (bicyclic) bond motifs is 1. The highest BCUT2D eigenvalue weighted by Crippen LogP contribution is 2.34. The minimum Gasteiger partial charge on any atom is -0.372 e. The molecule has 0 bridgehead atoms. The lowest BCUT2D eigenvalue weighted by Crippen LogP contribution is -2.01. The topological polar surface area (TPSA) is 55.6 Å². The maximum absolute atomic E-state index is 4.65. The first-order valence-electron chi connectivity index (χ1n) is 6.05. The zero-order chi connectivity index (χ0) is 13.6. The number of hydrogen-bond donors (Lipinski definition) is 1. The molecule has 0 aliphatic rings. The molecule has 0 fully saturated rings. The molecule has 19 heavy (non-hydrogen) atoms. The van der Waals surface area contributed by atoms with Crippen molar-refractivity contribution in [2.75, 3.05) is 12.4 Å². The lowest BCUT2D eigenvalue weighted by Gasteiger charge is -2.06. The van der Waals surface area contributed by atoms with E-state index in [4.69, 9.17) is 0 Å². The summed E-state index contributed by atoms with van der Waals surface area (Å²) in [5, 5.41) is 4.28. The van der Waals surface area contributed by atoms with Crippen LogP contribution in [0.15, 0.2) is 12.4 Å². The Kier molecular flexibility index (Phi) is 2.74. The Labute approximate surface area is 115 Å². The van der Waals surface area contributed by atoms with Crippen LogP contribution >= 0.6 is 11.3 Å². The fourth-order valence-corrected chi connectivity index (χ4v) is 3.14. The Bertz CT molecular complexity index is 756. The molecule has 3 heterocycles. The number of anilines is 1. The molecule has 5 nitrogen and oxygen atoms in total. The average Bonchev–Trinajstić information content (AvgIpc) is 2.93. The van der Waals surface area contributed by atoms with Crippen molar-refractivity contribution in [1.29, 1.82) is 0 Å².